The monoisotopic (exact) mass is 397 g/mol. The molecule has 0 aromatic heterocycles. The molecule has 0 bridgehead atoms. The number of carbonyl (C=O) groups is 1. The Morgan fingerprint density at radius 2 is 1.75 bits per heavy atom. The van der Waals surface area contributed by atoms with Crippen LogP contribution in [0.4, 0.5) is 0 Å². The van der Waals surface area contributed by atoms with E-state index in [9.17, 15) is 13.2 Å². The van der Waals surface area contributed by atoms with Crippen molar-refractivity contribution in [3.63, 3.8) is 0 Å². The number of hydrogen-bond acceptors (Lipinski definition) is 4. The molecule has 6 nitrogen and oxygen atoms in total. The predicted octanol–water partition coefficient (Wildman–Crippen LogP) is 2.68. The highest BCUT2D eigenvalue weighted by Crippen LogP contribution is 2.30. The summed E-state index contributed by atoms with van der Waals surface area (Å²) in [5, 5.41) is 2.78. The minimum absolute atomic E-state index is 0.151. The molecule has 0 unspecified atom stereocenters. The number of hydrogen-bond donors (Lipinski definition) is 2. The van der Waals surface area contributed by atoms with Crippen LogP contribution in [0.3, 0.4) is 0 Å². The molecule has 2 N–H and O–H groups in total. The van der Waals surface area contributed by atoms with Gasteiger partial charge in [-0.15, -0.1) is 0 Å². The molecule has 3 rings (SSSR count). The maximum absolute atomic E-state index is 12.6. The number of aliphatic imine (C=N–C) groups is 1. The molecule has 0 fully saturated rings. The fraction of sp³-hybridized carbons (Fsp3) is 0.238. The number of amidine groups is 1. The van der Waals surface area contributed by atoms with Crippen molar-refractivity contribution in [2.45, 2.75) is 27.3 Å². The molecule has 28 heavy (non-hydrogen) atoms. The number of aryl methyl sites for hydroxylation is 2. The molecule has 0 radical (unpaired) electrons. The summed E-state index contributed by atoms with van der Waals surface area (Å²) in [5.74, 6) is -0.0638. The van der Waals surface area contributed by atoms with E-state index in [0.717, 1.165) is 16.7 Å². The van der Waals surface area contributed by atoms with Crippen LogP contribution in [-0.4, -0.2) is 26.7 Å². The summed E-state index contributed by atoms with van der Waals surface area (Å²) >= 11 is 0. The zero-order valence-electron chi connectivity index (χ0n) is 16.1. The molecular weight excluding hydrogens is 374 g/mol. The molecule has 2 aromatic carbocycles. The van der Waals surface area contributed by atoms with Gasteiger partial charge >= 0.3 is 0 Å². The molecule has 1 aliphatic heterocycles. The second-order valence-corrected chi connectivity index (χ2v) is 8.41. The van der Waals surface area contributed by atoms with Gasteiger partial charge in [-0.1, -0.05) is 48.5 Å². The van der Waals surface area contributed by atoms with Crippen LogP contribution in [0.15, 0.2) is 59.1 Å². The fourth-order valence-electron chi connectivity index (χ4n) is 2.97. The van der Waals surface area contributed by atoms with Gasteiger partial charge in [-0.05, 0) is 43.0 Å². The number of nitrogens with zero attached hydrogens (tertiary/aromatic N) is 1. The topological polar surface area (TPSA) is 87.6 Å². The van der Waals surface area contributed by atoms with Crippen molar-refractivity contribution in [3.05, 3.63) is 76.4 Å². The normalized spacial score (nSPS) is 16.9. The van der Waals surface area contributed by atoms with Crippen LogP contribution < -0.4 is 10.0 Å². The number of rotatable bonds is 5. The van der Waals surface area contributed by atoms with Gasteiger partial charge in [0.2, 0.25) is 5.91 Å². The molecule has 1 amide bonds. The first-order valence-corrected chi connectivity index (χ1v) is 10.4. The van der Waals surface area contributed by atoms with Crippen molar-refractivity contribution in [3.8, 4) is 0 Å². The average molecular weight is 398 g/mol. The molecule has 146 valence electrons. The summed E-state index contributed by atoms with van der Waals surface area (Å²) in [6, 6.07) is 15.1. The summed E-state index contributed by atoms with van der Waals surface area (Å²) in [5.41, 5.74) is 4.22. The molecule has 0 spiro atoms. The van der Waals surface area contributed by atoms with Crippen LogP contribution in [-0.2, 0) is 21.4 Å². The Kier molecular flexibility index (Phi) is 5.65. The number of nitrogens with one attached hydrogen (secondary N) is 2. The Morgan fingerprint density at radius 1 is 1.04 bits per heavy atom. The molecule has 7 heteroatoms. The van der Waals surface area contributed by atoms with Gasteiger partial charge < -0.3 is 5.32 Å². The van der Waals surface area contributed by atoms with Gasteiger partial charge in [-0.25, -0.2) is 8.42 Å². The van der Waals surface area contributed by atoms with Crippen LogP contribution in [0.5, 0.6) is 0 Å². The lowest BCUT2D eigenvalue weighted by molar-refractivity contribution is -0.119. The number of amides is 1. The van der Waals surface area contributed by atoms with Gasteiger partial charge in [0.25, 0.3) is 10.0 Å². The van der Waals surface area contributed by atoms with E-state index in [2.05, 4.69) is 15.0 Å². The van der Waals surface area contributed by atoms with E-state index in [0.29, 0.717) is 17.7 Å². The highest BCUT2D eigenvalue weighted by Gasteiger charge is 2.32. The fourth-order valence-corrected chi connectivity index (χ4v) is 4.48. The lowest BCUT2D eigenvalue weighted by atomic mass is 10.0. The SMILES string of the molecule is CC1=C(c2ccc(C)c(C)c2)S(=O)(=O)NC1=NCC(=O)NCc1ccccc1. The number of benzene rings is 2. The summed E-state index contributed by atoms with van der Waals surface area (Å²) in [7, 11) is -3.70. The van der Waals surface area contributed by atoms with Gasteiger partial charge in [0, 0.05) is 12.1 Å². The third-order valence-electron chi connectivity index (χ3n) is 4.68. The van der Waals surface area contributed by atoms with E-state index >= 15 is 0 Å². The quantitative estimate of drug-likeness (QED) is 0.813. The summed E-state index contributed by atoms with van der Waals surface area (Å²) in [4.78, 5) is 16.5. The Bertz CT molecular complexity index is 1070. The summed E-state index contributed by atoms with van der Waals surface area (Å²) in [6.07, 6.45) is 0. The van der Waals surface area contributed by atoms with Crippen LogP contribution >= 0.6 is 0 Å². The number of sulfonamides is 1. The molecule has 1 heterocycles. The zero-order chi connectivity index (χ0) is 20.3. The van der Waals surface area contributed by atoms with Crippen molar-refractivity contribution in [2.24, 2.45) is 4.99 Å². The third-order valence-corrected chi connectivity index (χ3v) is 6.22. The van der Waals surface area contributed by atoms with Crippen molar-refractivity contribution in [1.82, 2.24) is 10.0 Å². The van der Waals surface area contributed by atoms with Gasteiger partial charge in [-0.3, -0.25) is 14.5 Å². The number of carbonyl (C=O) groups excluding carboxylic acids is 1. The lowest BCUT2D eigenvalue weighted by Gasteiger charge is -2.06. The highest BCUT2D eigenvalue weighted by atomic mass is 32.2. The maximum atomic E-state index is 12.6. The Morgan fingerprint density at radius 3 is 2.43 bits per heavy atom. The minimum atomic E-state index is -3.70. The van der Waals surface area contributed by atoms with Crippen LogP contribution in [0.25, 0.3) is 4.91 Å². The van der Waals surface area contributed by atoms with E-state index in [-0.39, 0.29) is 23.2 Å². The standard InChI is InChI=1S/C21H23N3O3S/c1-14-9-10-18(11-15(14)2)20-16(3)21(24-28(20,26)27)23-13-19(25)22-12-17-7-5-4-6-8-17/h4-11H,12-13H2,1-3H3,(H,22,25)(H,23,24). The third kappa shape index (κ3) is 4.31. The zero-order valence-corrected chi connectivity index (χ0v) is 16.9. The van der Waals surface area contributed by atoms with Gasteiger partial charge in [-0.2, -0.15) is 0 Å². The van der Waals surface area contributed by atoms with E-state index < -0.39 is 10.0 Å². The molecule has 1 aliphatic rings. The van der Waals surface area contributed by atoms with E-state index in [1.807, 2.05) is 56.3 Å². The molecular formula is C21H23N3O3S. The second-order valence-electron chi connectivity index (χ2n) is 6.79. The molecule has 0 atom stereocenters. The smallest absolute Gasteiger partial charge is 0.264 e. The Labute approximate surface area is 165 Å². The molecule has 0 saturated heterocycles. The first kappa shape index (κ1) is 19.8. The second kappa shape index (κ2) is 7.98. The summed E-state index contributed by atoms with van der Waals surface area (Å²) < 4.78 is 27.6. The van der Waals surface area contributed by atoms with Crippen molar-refractivity contribution >= 4 is 26.7 Å². The minimum Gasteiger partial charge on any atom is -0.350 e. The van der Waals surface area contributed by atoms with Crippen molar-refractivity contribution in [1.29, 1.82) is 0 Å². The van der Waals surface area contributed by atoms with Gasteiger partial charge in [0.05, 0.1) is 0 Å². The van der Waals surface area contributed by atoms with E-state index in [1.165, 1.54) is 0 Å². The molecule has 2 aromatic rings. The van der Waals surface area contributed by atoms with Crippen LogP contribution in [0.2, 0.25) is 0 Å². The molecule has 0 saturated carbocycles. The largest absolute Gasteiger partial charge is 0.350 e. The predicted molar refractivity (Wildman–Crippen MR) is 111 cm³/mol. The van der Waals surface area contributed by atoms with Crippen molar-refractivity contribution < 1.29 is 13.2 Å². The highest BCUT2D eigenvalue weighted by molar-refractivity contribution is 8.00. The van der Waals surface area contributed by atoms with Gasteiger partial charge in [0.15, 0.2) is 0 Å². The maximum Gasteiger partial charge on any atom is 0.264 e. The lowest BCUT2D eigenvalue weighted by Crippen LogP contribution is -2.28. The van der Waals surface area contributed by atoms with E-state index in [4.69, 9.17) is 0 Å². The summed E-state index contributed by atoms with van der Waals surface area (Å²) in [6.45, 7) is 5.86. The van der Waals surface area contributed by atoms with Crippen LogP contribution in [0, 0.1) is 13.8 Å². The van der Waals surface area contributed by atoms with E-state index in [1.54, 1.807) is 13.0 Å². The van der Waals surface area contributed by atoms with Crippen LogP contribution in [0.1, 0.15) is 29.2 Å². The first-order valence-electron chi connectivity index (χ1n) is 8.94. The molecule has 0 aliphatic carbocycles. The average Bonchev–Trinajstić information content (AvgIpc) is 2.90. The Hall–Kier alpha value is -2.93. The first-order chi connectivity index (χ1) is 13.3. The Balaban J connectivity index is 1.76. The van der Waals surface area contributed by atoms with Gasteiger partial charge in [0.1, 0.15) is 17.3 Å². The van der Waals surface area contributed by atoms with Crippen molar-refractivity contribution in [2.75, 3.05) is 6.54 Å².